The Balaban J connectivity index is 1.62. The van der Waals surface area contributed by atoms with Gasteiger partial charge in [0.05, 0.1) is 0 Å². The Bertz CT molecular complexity index is 829. The minimum atomic E-state index is -0.568. The topological polar surface area (TPSA) is 86.9 Å². The molecule has 3 rings (SSSR count). The van der Waals surface area contributed by atoms with Crippen LogP contribution in [0, 0.1) is 6.92 Å². The van der Waals surface area contributed by atoms with Crippen LogP contribution in [0.4, 0.5) is 0 Å². The average molecular weight is 364 g/mol. The predicted molar refractivity (Wildman–Crippen MR) is 97.6 cm³/mol. The number of aromatic nitrogens is 2. The zero-order chi connectivity index (χ0) is 18.0. The number of hydrogen-bond donors (Lipinski definition) is 2. The number of likely N-dealkylation sites (tertiary alicyclic amines) is 1. The molecule has 0 aromatic carbocycles. The van der Waals surface area contributed by atoms with Crippen LogP contribution in [-0.2, 0) is 0 Å². The van der Waals surface area contributed by atoms with E-state index in [0.29, 0.717) is 23.2 Å². The molecule has 7 nitrogen and oxygen atoms in total. The van der Waals surface area contributed by atoms with Crippen molar-refractivity contribution in [1.29, 1.82) is 0 Å². The fraction of sp³-hybridized carbons (Fsp3) is 0.588. The van der Waals surface area contributed by atoms with Gasteiger partial charge < -0.3 is 15.3 Å². The first-order valence-corrected chi connectivity index (χ1v) is 9.59. The number of hydrogen-bond acceptors (Lipinski definition) is 6. The number of aromatic hydroxyl groups is 1. The van der Waals surface area contributed by atoms with Gasteiger partial charge in [-0.2, -0.15) is 4.98 Å². The Hall–Kier alpha value is -1.93. The molecule has 0 bridgehead atoms. The van der Waals surface area contributed by atoms with E-state index in [2.05, 4.69) is 22.1 Å². The van der Waals surface area contributed by atoms with E-state index >= 15 is 0 Å². The Kier molecular flexibility index (Phi) is 5.39. The number of carbonyl (C=O) groups is 1. The number of amides is 1. The maximum atomic E-state index is 12.5. The number of fused-ring (bicyclic) bond motifs is 1. The molecule has 25 heavy (non-hydrogen) atoms. The second kappa shape index (κ2) is 7.53. The van der Waals surface area contributed by atoms with E-state index in [4.69, 9.17) is 0 Å². The molecular weight excluding hydrogens is 340 g/mol. The maximum absolute atomic E-state index is 12.5. The molecule has 0 saturated carbocycles. The first-order valence-electron chi connectivity index (χ1n) is 8.71. The molecule has 2 aromatic rings. The van der Waals surface area contributed by atoms with Gasteiger partial charge in [-0.3, -0.25) is 14.0 Å². The Morgan fingerprint density at radius 2 is 2.28 bits per heavy atom. The van der Waals surface area contributed by atoms with Gasteiger partial charge in [-0.15, -0.1) is 11.3 Å². The smallest absolute Gasteiger partial charge is 0.275 e. The lowest BCUT2D eigenvalue weighted by Gasteiger charge is -2.33. The fourth-order valence-electron chi connectivity index (χ4n) is 3.33. The summed E-state index contributed by atoms with van der Waals surface area (Å²) >= 11 is 1.25. The molecule has 1 atom stereocenters. The molecule has 0 unspecified atom stereocenters. The average Bonchev–Trinajstić information content (AvgIpc) is 2.94. The molecule has 0 radical (unpaired) electrons. The summed E-state index contributed by atoms with van der Waals surface area (Å²) in [6, 6.07) is 0.589. The third-order valence-corrected chi connectivity index (χ3v) is 5.74. The predicted octanol–water partition coefficient (Wildman–Crippen LogP) is 1.76. The maximum Gasteiger partial charge on any atom is 0.275 e. The lowest BCUT2D eigenvalue weighted by molar-refractivity contribution is 0.0943. The molecule has 8 heteroatoms. The third kappa shape index (κ3) is 3.69. The molecule has 1 saturated heterocycles. The summed E-state index contributed by atoms with van der Waals surface area (Å²) in [7, 11) is 0. The van der Waals surface area contributed by atoms with Gasteiger partial charge in [0, 0.05) is 30.2 Å². The van der Waals surface area contributed by atoms with Crippen LogP contribution in [-0.4, -0.2) is 51.0 Å². The minimum absolute atomic E-state index is 0.287. The zero-order valence-corrected chi connectivity index (χ0v) is 15.4. The minimum Gasteiger partial charge on any atom is -0.492 e. The van der Waals surface area contributed by atoms with E-state index in [1.54, 1.807) is 12.3 Å². The van der Waals surface area contributed by atoms with Crippen LogP contribution in [0.3, 0.4) is 0 Å². The molecule has 0 aliphatic carbocycles. The van der Waals surface area contributed by atoms with Gasteiger partial charge in [0.2, 0.25) is 5.88 Å². The molecule has 2 N–H and O–H groups in total. The van der Waals surface area contributed by atoms with E-state index in [9.17, 15) is 14.7 Å². The van der Waals surface area contributed by atoms with Crippen molar-refractivity contribution in [2.75, 3.05) is 19.6 Å². The van der Waals surface area contributed by atoms with Crippen LogP contribution in [0.5, 0.6) is 5.88 Å². The van der Waals surface area contributed by atoms with Gasteiger partial charge in [-0.1, -0.05) is 6.42 Å². The molecule has 0 spiro atoms. The van der Waals surface area contributed by atoms with Crippen LogP contribution in [0.25, 0.3) is 4.96 Å². The first-order chi connectivity index (χ1) is 12.0. The lowest BCUT2D eigenvalue weighted by atomic mass is 10.0. The summed E-state index contributed by atoms with van der Waals surface area (Å²) in [5, 5.41) is 14.5. The highest BCUT2D eigenvalue weighted by molar-refractivity contribution is 7.15. The fourth-order valence-corrected chi connectivity index (χ4v) is 4.19. The van der Waals surface area contributed by atoms with Gasteiger partial charge in [0.25, 0.3) is 11.5 Å². The van der Waals surface area contributed by atoms with Gasteiger partial charge in [0.15, 0.2) is 10.5 Å². The molecule has 3 heterocycles. The Morgan fingerprint density at radius 1 is 1.48 bits per heavy atom. The van der Waals surface area contributed by atoms with Crippen LogP contribution in [0.1, 0.15) is 48.7 Å². The van der Waals surface area contributed by atoms with Crippen LogP contribution < -0.4 is 10.9 Å². The van der Waals surface area contributed by atoms with Crippen LogP contribution >= 0.6 is 11.3 Å². The molecule has 1 amide bonds. The molecule has 2 aromatic heterocycles. The monoisotopic (exact) mass is 364 g/mol. The van der Waals surface area contributed by atoms with Gasteiger partial charge in [-0.25, -0.2) is 0 Å². The van der Waals surface area contributed by atoms with E-state index in [-0.39, 0.29) is 5.56 Å². The SMILES string of the molecule is Cc1csc2nc(O)c(C(=O)NCCCN3CCCC[C@H]3C)c(=O)n12. The van der Waals surface area contributed by atoms with Crippen molar-refractivity contribution in [2.45, 2.75) is 45.6 Å². The van der Waals surface area contributed by atoms with Crippen molar-refractivity contribution in [1.82, 2.24) is 19.6 Å². The standard InChI is InChI=1S/C17H24N4O3S/c1-11-6-3-4-8-20(11)9-5-7-18-14(22)13-15(23)19-17-21(16(13)24)12(2)10-25-17/h10-11,23H,3-9H2,1-2H3,(H,18,22)/t11-/m1/s1. The summed E-state index contributed by atoms with van der Waals surface area (Å²) in [6.45, 7) is 6.50. The van der Waals surface area contributed by atoms with Crippen LogP contribution in [0.2, 0.25) is 0 Å². The van der Waals surface area contributed by atoms with E-state index in [1.807, 2.05) is 0 Å². The van der Waals surface area contributed by atoms with Crippen molar-refractivity contribution < 1.29 is 9.90 Å². The normalized spacial score (nSPS) is 18.6. The third-order valence-electron chi connectivity index (χ3n) is 4.80. The Morgan fingerprint density at radius 3 is 3.04 bits per heavy atom. The number of piperidine rings is 1. The number of aryl methyl sites for hydroxylation is 1. The van der Waals surface area contributed by atoms with Crippen molar-refractivity contribution in [3.63, 3.8) is 0 Å². The molecule has 1 aliphatic heterocycles. The summed E-state index contributed by atoms with van der Waals surface area (Å²) in [5.74, 6) is -1.07. The molecule has 1 fully saturated rings. The van der Waals surface area contributed by atoms with Crippen molar-refractivity contribution in [3.8, 4) is 5.88 Å². The van der Waals surface area contributed by atoms with Gasteiger partial charge in [-0.05, 0) is 39.7 Å². The highest BCUT2D eigenvalue weighted by atomic mass is 32.1. The zero-order valence-electron chi connectivity index (χ0n) is 14.6. The number of rotatable bonds is 5. The highest BCUT2D eigenvalue weighted by Crippen LogP contribution is 2.18. The number of thiazole rings is 1. The van der Waals surface area contributed by atoms with Crippen molar-refractivity contribution in [3.05, 3.63) is 27.0 Å². The second-order valence-electron chi connectivity index (χ2n) is 6.60. The van der Waals surface area contributed by atoms with Crippen LogP contribution in [0.15, 0.2) is 10.2 Å². The van der Waals surface area contributed by atoms with E-state index in [0.717, 1.165) is 19.5 Å². The molecule has 1 aliphatic rings. The largest absolute Gasteiger partial charge is 0.492 e. The summed E-state index contributed by atoms with van der Waals surface area (Å²) in [6.07, 6.45) is 4.55. The first kappa shape index (κ1) is 17.9. The quantitative estimate of drug-likeness (QED) is 0.790. The van der Waals surface area contributed by atoms with Crippen molar-refractivity contribution in [2.24, 2.45) is 0 Å². The lowest BCUT2D eigenvalue weighted by Crippen LogP contribution is -2.39. The molecular formula is C17H24N4O3S. The van der Waals surface area contributed by atoms with E-state index < -0.39 is 17.3 Å². The summed E-state index contributed by atoms with van der Waals surface area (Å²) < 4.78 is 1.36. The van der Waals surface area contributed by atoms with E-state index in [1.165, 1.54) is 35.0 Å². The van der Waals surface area contributed by atoms with Crippen molar-refractivity contribution >= 4 is 22.2 Å². The van der Waals surface area contributed by atoms with Gasteiger partial charge in [0.1, 0.15) is 0 Å². The highest BCUT2D eigenvalue weighted by Gasteiger charge is 2.21. The summed E-state index contributed by atoms with van der Waals surface area (Å²) in [4.78, 5) is 31.6. The second-order valence-corrected chi connectivity index (χ2v) is 7.44. The number of nitrogens with one attached hydrogen (secondary N) is 1. The Labute approximate surface area is 150 Å². The number of carbonyl (C=O) groups excluding carboxylic acids is 1. The van der Waals surface area contributed by atoms with Gasteiger partial charge >= 0.3 is 0 Å². The number of nitrogens with zero attached hydrogens (tertiary/aromatic N) is 3. The molecule has 136 valence electrons. The summed E-state index contributed by atoms with van der Waals surface area (Å²) in [5.41, 5.74) is -0.112.